The van der Waals surface area contributed by atoms with Crippen molar-refractivity contribution in [2.75, 3.05) is 25.0 Å². The largest absolute Gasteiger partial charge is 0.493 e. The van der Waals surface area contributed by atoms with Gasteiger partial charge in [0.15, 0.2) is 11.5 Å². The number of ether oxygens (including phenoxy) is 3. The van der Waals surface area contributed by atoms with Crippen molar-refractivity contribution in [1.82, 2.24) is 9.97 Å². The van der Waals surface area contributed by atoms with Gasteiger partial charge in [0.2, 0.25) is 24.4 Å². The van der Waals surface area contributed by atoms with Crippen LogP contribution in [-0.4, -0.2) is 29.8 Å². The van der Waals surface area contributed by atoms with E-state index >= 15 is 0 Å². The number of aromatic amines is 1. The summed E-state index contributed by atoms with van der Waals surface area (Å²) in [7, 11) is 1.51. The minimum Gasteiger partial charge on any atom is -0.493 e. The highest BCUT2D eigenvalue weighted by Gasteiger charge is 2.33. The Labute approximate surface area is 135 Å². The number of nitrogens with two attached hydrogens (primary N) is 1. The van der Waals surface area contributed by atoms with E-state index in [2.05, 4.69) is 15.3 Å². The van der Waals surface area contributed by atoms with Crippen LogP contribution in [0.5, 0.6) is 17.2 Å². The van der Waals surface area contributed by atoms with Crippen LogP contribution >= 0.6 is 0 Å². The highest BCUT2D eigenvalue weighted by atomic mass is 16.7. The fourth-order valence-corrected chi connectivity index (χ4v) is 3.02. The van der Waals surface area contributed by atoms with Gasteiger partial charge in [-0.05, 0) is 17.7 Å². The number of hydrogen-bond donors (Lipinski definition) is 3. The van der Waals surface area contributed by atoms with Crippen molar-refractivity contribution in [3.05, 3.63) is 33.6 Å². The number of carbonyl (C=O) groups is 1. The first-order valence-electron chi connectivity index (χ1n) is 7.24. The molecule has 2 aliphatic heterocycles. The summed E-state index contributed by atoms with van der Waals surface area (Å²) in [5.41, 5.74) is 6.22. The number of nitrogens with one attached hydrogen (secondary N) is 2. The predicted molar refractivity (Wildman–Crippen MR) is 83.5 cm³/mol. The quantitative estimate of drug-likeness (QED) is 0.734. The van der Waals surface area contributed by atoms with Crippen molar-refractivity contribution < 1.29 is 19.0 Å². The number of benzene rings is 1. The molecule has 4 N–H and O–H groups in total. The molecule has 0 saturated carbocycles. The van der Waals surface area contributed by atoms with Crippen LogP contribution in [0.25, 0.3) is 0 Å². The van der Waals surface area contributed by atoms with Crippen molar-refractivity contribution in [1.29, 1.82) is 0 Å². The average molecular weight is 330 g/mol. The van der Waals surface area contributed by atoms with Crippen molar-refractivity contribution in [3.8, 4) is 17.2 Å². The van der Waals surface area contributed by atoms with E-state index in [4.69, 9.17) is 19.9 Å². The number of amides is 1. The standard InChI is InChI=1S/C15H14N4O5/c1-22-8-2-6(3-9-12(8)24-5-23-9)7-4-10(20)17-13-11(7)14(21)19-15(16)18-13/h2-3,7H,4-5H2,1H3,(H4,16,17,18,19,20,21). The Morgan fingerprint density at radius 2 is 2.17 bits per heavy atom. The monoisotopic (exact) mass is 330 g/mol. The third-order valence-electron chi connectivity index (χ3n) is 4.05. The van der Waals surface area contributed by atoms with Crippen LogP contribution < -0.4 is 30.8 Å². The molecule has 2 aliphatic rings. The smallest absolute Gasteiger partial charge is 0.258 e. The summed E-state index contributed by atoms with van der Waals surface area (Å²) in [5.74, 6) is 0.878. The van der Waals surface area contributed by atoms with Crippen LogP contribution in [0.4, 0.5) is 11.8 Å². The summed E-state index contributed by atoms with van der Waals surface area (Å²) >= 11 is 0. The lowest BCUT2D eigenvalue weighted by molar-refractivity contribution is -0.116. The molecular formula is C15H14N4O5. The SMILES string of the molecule is COc1cc(C2CC(=O)Nc3nc(N)[nH]c(=O)c32)cc2c1OCO2. The number of nitrogen functional groups attached to an aromatic ring is 1. The lowest BCUT2D eigenvalue weighted by atomic mass is 9.86. The summed E-state index contributed by atoms with van der Waals surface area (Å²) in [4.78, 5) is 30.9. The zero-order chi connectivity index (χ0) is 16.8. The molecule has 24 heavy (non-hydrogen) atoms. The van der Waals surface area contributed by atoms with E-state index in [1.54, 1.807) is 12.1 Å². The van der Waals surface area contributed by atoms with Gasteiger partial charge in [0, 0.05) is 12.3 Å². The van der Waals surface area contributed by atoms with Crippen molar-refractivity contribution in [2.24, 2.45) is 0 Å². The van der Waals surface area contributed by atoms with E-state index in [1.807, 2.05) is 0 Å². The number of methoxy groups -OCH3 is 1. The van der Waals surface area contributed by atoms with Gasteiger partial charge in [0.25, 0.3) is 5.56 Å². The van der Waals surface area contributed by atoms with E-state index in [1.165, 1.54) is 7.11 Å². The van der Waals surface area contributed by atoms with Crippen molar-refractivity contribution in [2.45, 2.75) is 12.3 Å². The Kier molecular flexibility index (Phi) is 3.08. The van der Waals surface area contributed by atoms with Gasteiger partial charge in [-0.3, -0.25) is 14.6 Å². The number of rotatable bonds is 2. The van der Waals surface area contributed by atoms with Crippen molar-refractivity contribution in [3.63, 3.8) is 0 Å². The number of anilines is 2. The van der Waals surface area contributed by atoms with E-state index in [0.29, 0.717) is 28.4 Å². The normalized spacial score (nSPS) is 18.0. The van der Waals surface area contributed by atoms with E-state index in [0.717, 1.165) is 0 Å². The Hall–Kier alpha value is -3.23. The molecule has 0 fully saturated rings. The molecule has 9 nitrogen and oxygen atoms in total. The van der Waals surface area contributed by atoms with Crippen LogP contribution in [0.15, 0.2) is 16.9 Å². The second kappa shape index (κ2) is 5.15. The van der Waals surface area contributed by atoms with Gasteiger partial charge in [0.1, 0.15) is 5.82 Å². The number of aromatic nitrogens is 2. The molecule has 0 radical (unpaired) electrons. The van der Waals surface area contributed by atoms with Gasteiger partial charge in [-0.2, -0.15) is 4.98 Å². The summed E-state index contributed by atoms with van der Waals surface area (Å²) in [6.45, 7) is 0.0928. The van der Waals surface area contributed by atoms with Crippen LogP contribution in [-0.2, 0) is 4.79 Å². The number of H-pyrrole nitrogens is 1. The molecule has 4 rings (SSSR count). The molecule has 9 heteroatoms. The number of carbonyl (C=O) groups excluding carboxylic acids is 1. The highest BCUT2D eigenvalue weighted by Crippen LogP contribution is 2.45. The van der Waals surface area contributed by atoms with Crippen molar-refractivity contribution >= 4 is 17.7 Å². The number of fused-ring (bicyclic) bond motifs is 2. The molecule has 0 saturated heterocycles. The van der Waals surface area contributed by atoms with E-state index in [9.17, 15) is 9.59 Å². The van der Waals surface area contributed by atoms with Crippen LogP contribution in [0.1, 0.15) is 23.5 Å². The van der Waals surface area contributed by atoms with E-state index in [-0.39, 0.29) is 36.4 Å². The molecule has 2 aromatic rings. The lowest BCUT2D eigenvalue weighted by Crippen LogP contribution is -2.31. The second-order valence-corrected chi connectivity index (χ2v) is 5.48. The Balaban J connectivity index is 1.90. The van der Waals surface area contributed by atoms with Gasteiger partial charge in [-0.25, -0.2) is 0 Å². The molecule has 0 aliphatic carbocycles. The maximum Gasteiger partial charge on any atom is 0.258 e. The zero-order valence-electron chi connectivity index (χ0n) is 12.7. The van der Waals surface area contributed by atoms with E-state index < -0.39 is 5.92 Å². The Morgan fingerprint density at radius 1 is 1.33 bits per heavy atom. The van der Waals surface area contributed by atoms with Gasteiger partial charge in [-0.15, -0.1) is 0 Å². The number of nitrogens with zero attached hydrogens (tertiary/aromatic N) is 1. The molecule has 124 valence electrons. The van der Waals surface area contributed by atoms with Gasteiger partial charge in [-0.1, -0.05) is 0 Å². The number of hydrogen-bond acceptors (Lipinski definition) is 7. The summed E-state index contributed by atoms with van der Waals surface area (Å²) in [5, 5.41) is 2.58. The molecule has 1 aromatic carbocycles. The van der Waals surface area contributed by atoms with Crippen LogP contribution in [0.3, 0.4) is 0 Å². The topological polar surface area (TPSA) is 129 Å². The molecule has 1 unspecified atom stereocenters. The van der Waals surface area contributed by atoms with Crippen LogP contribution in [0, 0.1) is 0 Å². The first-order chi connectivity index (χ1) is 11.6. The highest BCUT2D eigenvalue weighted by molar-refractivity contribution is 5.94. The van der Waals surface area contributed by atoms with Gasteiger partial charge < -0.3 is 25.3 Å². The Morgan fingerprint density at radius 3 is 2.96 bits per heavy atom. The average Bonchev–Trinajstić information content (AvgIpc) is 3.00. The molecule has 1 amide bonds. The third kappa shape index (κ3) is 2.13. The second-order valence-electron chi connectivity index (χ2n) is 5.48. The summed E-state index contributed by atoms with van der Waals surface area (Å²) in [6.07, 6.45) is 0.102. The molecule has 0 bridgehead atoms. The lowest BCUT2D eigenvalue weighted by Gasteiger charge is -2.24. The minimum absolute atomic E-state index is 0.0528. The molecule has 1 aromatic heterocycles. The maximum absolute atomic E-state index is 12.3. The predicted octanol–water partition coefficient (Wildman–Crippen LogP) is 0.563. The minimum atomic E-state index is -0.492. The first-order valence-corrected chi connectivity index (χ1v) is 7.24. The molecule has 1 atom stereocenters. The first kappa shape index (κ1) is 14.4. The van der Waals surface area contributed by atoms with Crippen LogP contribution in [0.2, 0.25) is 0 Å². The molecular weight excluding hydrogens is 316 g/mol. The van der Waals surface area contributed by atoms with Gasteiger partial charge >= 0.3 is 0 Å². The molecule has 3 heterocycles. The third-order valence-corrected chi connectivity index (χ3v) is 4.05. The zero-order valence-corrected chi connectivity index (χ0v) is 12.7. The fourth-order valence-electron chi connectivity index (χ4n) is 3.02. The summed E-state index contributed by atoms with van der Waals surface area (Å²) in [6, 6.07) is 3.48. The molecule has 0 spiro atoms. The maximum atomic E-state index is 12.3. The summed E-state index contributed by atoms with van der Waals surface area (Å²) < 4.78 is 16.1. The van der Waals surface area contributed by atoms with Gasteiger partial charge in [0.05, 0.1) is 12.7 Å². The Bertz CT molecular complexity index is 907. The fraction of sp³-hybridized carbons (Fsp3) is 0.267.